The number of benzene rings is 1. The highest BCUT2D eigenvalue weighted by atomic mass is 16.5. The van der Waals surface area contributed by atoms with Crippen LogP contribution in [0.25, 0.3) is 11.5 Å². The van der Waals surface area contributed by atoms with E-state index in [1.165, 1.54) is 11.1 Å². The van der Waals surface area contributed by atoms with Crippen LogP contribution in [0.1, 0.15) is 22.4 Å². The Bertz CT molecular complexity index is 1160. The van der Waals surface area contributed by atoms with Gasteiger partial charge in [-0.05, 0) is 36.2 Å². The van der Waals surface area contributed by atoms with Crippen molar-refractivity contribution in [2.75, 3.05) is 40.0 Å². The molecule has 8 nitrogen and oxygen atoms in total. The van der Waals surface area contributed by atoms with Gasteiger partial charge in [-0.3, -0.25) is 19.6 Å². The minimum atomic E-state index is -0.0578. The molecular weight excluding hydrogens is 418 g/mol. The summed E-state index contributed by atoms with van der Waals surface area (Å²) in [5.41, 5.74) is 4.68. The highest BCUT2D eigenvalue weighted by Crippen LogP contribution is 2.25. The van der Waals surface area contributed by atoms with Crippen LogP contribution >= 0.6 is 0 Å². The third-order valence-corrected chi connectivity index (χ3v) is 6.31. The first kappa shape index (κ1) is 21.8. The van der Waals surface area contributed by atoms with Crippen molar-refractivity contribution in [2.24, 2.45) is 0 Å². The number of nitrogens with zero attached hydrogens (tertiary/aromatic N) is 4. The van der Waals surface area contributed by atoms with Crippen molar-refractivity contribution in [3.05, 3.63) is 75.3 Å². The van der Waals surface area contributed by atoms with Gasteiger partial charge in [-0.15, -0.1) is 0 Å². The highest BCUT2D eigenvalue weighted by Gasteiger charge is 2.22. The monoisotopic (exact) mass is 447 g/mol. The van der Waals surface area contributed by atoms with Crippen LogP contribution in [0.3, 0.4) is 0 Å². The van der Waals surface area contributed by atoms with Gasteiger partial charge in [0.05, 0.1) is 26.0 Å². The summed E-state index contributed by atoms with van der Waals surface area (Å²) in [7, 11) is 1.72. The summed E-state index contributed by atoms with van der Waals surface area (Å²) >= 11 is 0. The topological polar surface area (TPSA) is 83.6 Å². The number of nitrogens with one attached hydrogen (secondary N) is 1. The van der Waals surface area contributed by atoms with E-state index in [4.69, 9.17) is 14.5 Å². The van der Waals surface area contributed by atoms with Crippen molar-refractivity contribution in [1.29, 1.82) is 0 Å². The van der Waals surface area contributed by atoms with Crippen LogP contribution in [-0.4, -0.2) is 64.7 Å². The molecule has 0 bridgehead atoms. The molecule has 1 N–H and O–H groups in total. The van der Waals surface area contributed by atoms with Gasteiger partial charge in [0.2, 0.25) is 0 Å². The zero-order valence-corrected chi connectivity index (χ0v) is 18.9. The molecule has 0 amide bonds. The van der Waals surface area contributed by atoms with Crippen molar-refractivity contribution < 1.29 is 9.47 Å². The molecule has 4 heterocycles. The maximum atomic E-state index is 12.7. The van der Waals surface area contributed by atoms with E-state index in [1.54, 1.807) is 13.3 Å². The molecule has 0 saturated carbocycles. The summed E-state index contributed by atoms with van der Waals surface area (Å²) in [6, 6.07) is 12.0. The lowest BCUT2D eigenvalue weighted by atomic mass is 10.0. The summed E-state index contributed by atoms with van der Waals surface area (Å²) in [6.07, 6.45) is 2.40. The fraction of sp³-hybridized carbons (Fsp3) is 0.400. The highest BCUT2D eigenvalue weighted by molar-refractivity contribution is 5.49. The second kappa shape index (κ2) is 9.82. The lowest BCUT2D eigenvalue weighted by Crippen LogP contribution is -2.36. The van der Waals surface area contributed by atoms with Crippen LogP contribution in [0, 0.1) is 0 Å². The molecule has 1 saturated heterocycles. The van der Waals surface area contributed by atoms with Crippen molar-refractivity contribution >= 4 is 0 Å². The second-order valence-electron chi connectivity index (χ2n) is 8.55. The lowest BCUT2D eigenvalue weighted by Gasteiger charge is -2.29. The van der Waals surface area contributed by atoms with Crippen LogP contribution < -0.4 is 10.3 Å². The van der Waals surface area contributed by atoms with E-state index in [0.717, 1.165) is 62.9 Å². The Morgan fingerprint density at radius 3 is 2.76 bits per heavy atom. The van der Waals surface area contributed by atoms with Gasteiger partial charge in [0, 0.05) is 56.6 Å². The van der Waals surface area contributed by atoms with E-state index in [1.807, 2.05) is 18.2 Å². The van der Waals surface area contributed by atoms with Gasteiger partial charge in [-0.1, -0.05) is 12.1 Å². The predicted molar refractivity (Wildman–Crippen MR) is 125 cm³/mol. The lowest BCUT2D eigenvalue weighted by molar-refractivity contribution is 0.0338. The third kappa shape index (κ3) is 4.98. The molecule has 172 valence electrons. The summed E-state index contributed by atoms with van der Waals surface area (Å²) in [4.78, 5) is 29.4. The molecule has 33 heavy (non-hydrogen) atoms. The van der Waals surface area contributed by atoms with Crippen molar-refractivity contribution in [3.63, 3.8) is 0 Å². The zero-order chi connectivity index (χ0) is 22.6. The fourth-order valence-corrected chi connectivity index (χ4v) is 4.57. The Labute approximate surface area is 193 Å². The second-order valence-corrected chi connectivity index (χ2v) is 8.55. The maximum absolute atomic E-state index is 12.7. The van der Waals surface area contributed by atoms with Gasteiger partial charge in [0.15, 0.2) is 5.82 Å². The van der Waals surface area contributed by atoms with E-state index < -0.39 is 0 Å². The first-order valence-corrected chi connectivity index (χ1v) is 11.4. The van der Waals surface area contributed by atoms with Gasteiger partial charge >= 0.3 is 0 Å². The number of aromatic amines is 1. The van der Waals surface area contributed by atoms with Crippen LogP contribution in [0.5, 0.6) is 5.75 Å². The molecular formula is C25H29N5O3. The molecule has 0 atom stereocenters. The number of morpholine rings is 1. The van der Waals surface area contributed by atoms with Gasteiger partial charge in [0.1, 0.15) is 11.4 Å². The summed E-state index contributed by atoms with van der Waals surface area (Å²) in [5, 5.41) is 0. The number of fused-ring (bicyclic) bond motifs is 1. The third-order valence-electron chi connectivity index (χ3n) is 6.31. The Morgan fingerprint density at radius 2 is 1.97 bits per heavy atom. The molecule has 3 aromatic rings. The average molecular weight is 448 g/mol. The molecule has 0 aliphatic carbocycles. The molecule has 1 fully saturated rings. The van der Waals surface area contributed by atoms with Crippen LogP contribution in [0.15, 0.2) is 47.4 Å². The first-order valence-electron chi connectivity index (χ1n) is 11.4. The molecule has 8 heteroatoms. The van der Waals surface area contributed by atoms with E-state index in [9.17, 15) is 4.79 Å². The minimum Gasteiger partial charge on any atom is -0.496 e. The first-order chi connectivity index (χ1) is 16.2. The van der Waals surface area contributed by atoms with E-state index in [2.05, 4.69) is 38.0 Å². The predicted octanol–water partition coefficient (Wildman–Crippen LogP) is 2.23. The van der Waals surface area contributed by atoms with Gasteiger partial charge in [0.25, 0.3) is 5.56 Å². The zero-order valence-electron chi connectivity index (χ0n) is 18.9. The van der Waals surface area contributed by atoms with Crippen molar-refractivity contribution in [3.8, 4) is 17.3 Å². The van der Waals surface area contributed by atoms with E-state index >= 15 is 0 Å². The smallest absolute Gasteiger partial charge is 0.254 e. The normalized spacial score (nSPS) is 17.0. The number of ether oxygens (including phenoxy) is 2. The number of pyridine rings is 1. The summed E-state index contributed by atoms with van der Waals surface area (Å²) < 4.78 is 11.1. The molecule has 2 aliphatic rings. The molecule has 1 aromatic carbocycles. The molecule has 0 radical (unpaired) electrons. The summed E-state index contributed by atoms with van der Waals surface area (Å²) in [5.74, 6) is 1.45. The SMILES string of the molecule is COc1ccc(CN2CCc3c(nc(-c4ccccn4)[nH]c3=O)C2)cc1CN1CCOCC1. The largest absolute Gasteiger partial charge is 0.496 e. The molecule has 0 spiro atoms. The Morgan fingerprint density at radius 1 is 1.09 bits per heavy atom. The van der Waals surface area contributed by atoms with Crippen LogP contribution in [0.4, 0.5) is 0 Å². The summed E-state index contributed by atoms with van der Waals surface area (Å²) in [6.45, 7) is 6.56. The number of H-pyrrole nitrogens is 1. The number of methoxy groups -OCH3 is 1. The van der Waals surface area contributed by atoms with Gasteiger partial charge in [-0.2, -0.15) is 0 Å². The number of hydrogen-bond donors (Lipinski definition) is 1. The Hall–Kier alpha value is -3.07. The minimum absolute atomic E-state index is 0.0578. The van der Waals surface area contributed by atoms with Gasteiger partial charge in [-0.25, -0.2) is 4.98 Å². The van der Waals surface area contributed by atoms with E-state index in [0.29, 0.717) is 24.5 Å². The number of aromatic nitrogens is 3. The molecule has 0 unspecified atom stereocenters. The molecule has 2 aromatic heterocycles. The molecule has 5 rings (SSSR count). The fourth-order valence-electron chi connectivity index (χ4n) is 4.57. The maximum Gasteiger partial charge on any atom is 0.254 e. The number of hydrogen-bond acceptors (Lipinski definition) is 7. The van der Waals surface area contributed by atoms with Crippen molar-refractivity contribution in [2.45, 2.75) is 26.1 Å². The van der Waals surface area contributed by atoms with Gasteiger partial charge < -0.3 is 14.5 Å². The Balaban J connectivity index is 1.33. The van der Waals surface area contributed by atoms with Crippen LogP contribution in [-0.2, 0) is 30.8 Å². The molecule has 2 aliphatic heterocycles. The number of rotatable bonds is 6. The van der Waals surface area contributed by atoms with E-state index in [-0.39, 0.29) is 5.56 Å². The van der Waals surface area contributed by atoms with Crippen molar-refractivity contribution in [1.82, 2.24) is 24.8 Å². The standard InChI is InChI=1S/C25H29N5O3/c1-32-23-6-5-18(14-19(23)16-29-10-12-33-13-11-29)15-30-9-7-20-22(17-30)27-24(28-25(20)31)21-4-2-3-8-26-21/h2-6,8,14H,7,9-13,15-17H2,1H3,(H,27,28,31). The van der Waals surface area contributed by atoms with Crippen LogP contribution in [0.2, 0.25) is 0 Å². The average Bonchev–Trinajstić information content (AvgIpc) is 2.85. The Kier molecular flexibility index (Phi) is 6.48. The quantitative estimate of drug-likeness (QED) is 0.620.